The molecule has 2 atom stereocenters. The summed E-state index contributed by atoms with van der Waals surface area (Å²) in [6.45, 7) is 1.96. The van der Waals surface area contributed by atoms with Crippen LogP contribution >= 0.6 is 0 Å². The van der Waals surface area contributed by atoms with Crippen molar-refractivity contribution in [2.75, 3.05) is 5.32 Å². The Balaban J connectivity index is 2.16. The minimum Gasteiger partial charge on any atom is -0.506 e. The first-order valence-corrected chi connectivity index (χ1v) is 5.27. The highest BCUT2D eigenvalue weighted by atomic mass is 16.6. The summed E-state index contributed by atoms with van der Waals surface area (Å²) in [6.07, 6.45) is 0.821. The maximum atomic E-state index is 11.6. The first-order chi connectivity index (χ1) is 7.99. The molecule has 1 aromatic rings. The predicted molar refractivity (Wildman–Crippen MR) is 60.7 cm³/mol. The largest absolute Gasteiger partial charge is 0.506 e. The van der Waals surface area contributed by atoms with E-state index in [4.69, 9.17) is 0 Å². The summed E-state index contributed by atoms with van der Waals surface area (Å²) in [5.74, 6) is -0.0740. The lowest BCUT2D eigenvalue weighted by Gasteiger charge is -2.06. The summed E-state index contributed by atoms with van der Waals surface area (Å²) < 4.78 is 0. The Hall–Kier alpha value is -2.11. The summed E-state index contributed by atoms with van der Waals surface area (Å²) in [7, 11) is 0. The van der Waals surface area contributed by atoms with Crippen LogP contribution in [0.4, 0.5) is 11.4 Å². The Bertz CT molecular complexity index is 486. The minimum atomic E-state index is -0.575. The molecule has 0 radical (unpaired) electrons. The standard InChI is InChI=1S/C11H12N2O4/c1-6-4-8(6)11(15)12-9-5-7(13(16)17)2-3-10(9)14/h2-3,5-6,8,14H,4H2,1H3,(H,12,15). The molecule has 1 saturated carbocycles. The number of carbonyl (C=O) groups excluding carboxylic acids is 1. The molecule has 0 spiro atoms. The average Bonchev–Trinajstić information content (AvgIpc) is 2.98. The van der Waals surface area contributed by atoms with E-state index in [1.165, 1.54) is 12.1 Å². The lowest BCUT2D eigenvalue weighted by Crippen LogP contribution is -2.14. The number of nitro groups is 1. The summed E-state index contributed by atoms with van der Waals surface area (Å²) >= 11 is 0. The van der Waals surface area contributed by atoms with Crippen LogP contribution in [0.15, 0.2) is 18.2 Å². The zero-order chi connectivity index (χ0) is 12.6. The highest BCUT2D eigenvalue weighted by Crippen LogP contribution is 2.39. The number of nitrogens with one attached hydrogen (secondary N) is 1. The van der Waals surface area contributed by atoms with Crippen molar-refractivity contribution in [2.45, 2.75) is 13.3 Å². The molecule has 0 heterocycles. The lowest BCUT2D eigenvalue weighted by molar-refractivity contribution is -0.384. The number of phenolic OH excluding ortho intramolecular Hbond substituents is 1. The number of anilines is 1. The third-order valence-electron chi connectivity index (χ3n) is 2.90. The van der Waals surface area contributed by atoms with Crippen LogP contribution in [0, 0.1) is 22.0 Å². The van der Waals surface area contributed by atoms with Gasteiger partial charge in [-0.3, -0.25) is 14.9 Å². The molecule has 0 bridgehead atoms. The van der Waals surface area contributed by atoms with Gasteiger partial charge >= 0.3 is 0 Å². The van der Waals surface area contributed by atoms with Crippen LogP contribution < -0.4 is 5.32 Å². The van der Waals surface area contributed by atoms with Gasteiger partial charge in [-0.1, -0.05) is 6.92 Å². The van der Waals surface area contributed by atoms with E-state index in [2.05, 4.69) is 5.32 Å². The van der Waals surface area contributed by atoms with Gasteiger partial charge < -0.3 is 10.4 Å². The number of amides is 1. The Morgan fingerprint density at radius 3 is 2.76 bits per heavy atom. The normalized spacial score (nSPS) is 21.9. The Morgan fingerprint density at radius 1 is 1.59 bits per heavy atom. The topological polar surface area (TPSA) is 92.5 Å². The number of rotatable bonds is 3. The molecule has 17 heavy (non-hydrogen) atoms. The number of non-ortho nitro benzene ring substituents is 1. The molecule has 90 valence electrons. The molecule has 0 saturated heterocycles. The summed E-state index contributed by atoms with van der Waals surface area (Å²) in [6, 6.07) is 3.54. The number of benzene rings is 1. The Morgan fingerprint density at radius 2 is 2.24 bits per heavy atom. The van der Waals surface area contributed by atoms with Gasteiger partial charge in [0.25, 0.3) is 5.69 Å². The van der Waals surface area contributed by atoms with Crippen molar-refractivity contribution in [3.05, 3.63) is 28.3 Å². The van der Waals surface area contributed by atoms with E-state index in [1.54, 1.807) is 0 Å². The van der Waals surface area contributed by atoms with Crippen molar-refractivity contribution in [3.8, 4) is 5.75 Å². The summed E-state index contributed by atoms with van der Waals surface area (Å²) in [4.78, 5) is 21.6. The average molecular weight is 236 g/mol. The molecule has 1 amide bonds. The van der Waals surface area contributed by atoms with Crippen LogP contribution in [0.1, 0.15) is 13.3 Å². The number of hydrogen-bond acceptors (Lipinski definition) is 4. The maximum absolute atomic E-state index is 11.6. The minimum absolute atomic E-state index is 0.0475. The first kappa shape index (κ1) is 11.4. The second kappa shape index (κ2) is 4.04. The number of hydrogen-bond donors (Lipinski definition) is 2. The van der Waals surface area contributed by atoms with Crippen molar-refractivity contribution in [1.29, 1.82) is 0 Å². The first-order valence-electron chi connectivity index (χ1n) is 5.27. The molecule has 6 heteroatoms. The van der Waals surface area contributed by atoms with Gasteiger partial charge in [-0.2, -0.15) is 0 Å². The fourth-order valence-corrected chi connectivity index (χ4v) is 1.65. The summed E-state index contributed by atoms with van der Waals surface area (Å²) in [5.41, 5.74) is -0.0785. The summed E-state index contributed by atoms with van der Waals surface area (Å²) in [5, 5.41) is 22.6. The third kappa shape index (κ3) is 2.35. The molecule has 1 aromatic carbocycles. The van der Waals surface area contributed by atoms with Crippen LogP contribution in [0.5, 0.6) is 5.75 Å². The van der Waals surface area contributed by atoms with Gasteiger partial charge in [0.05, 0.1) is 10.6 Å². The van der Waals surface area contributed by atoms with Crippen LogP contribution in [0.25, 0.3) is 0 Å². The van der Waals surface area contributed by atoms with Gasteiger partial charge in [0, 0.05) is 18.1 Å². The van der Waals surface area contributed by atoms with Crippen molar-refractivity contribution in [2.24, 2.45) is 11.8 Å². The number of aromatic hydroxyl groups is 1. The van der Waals surface area contributed by atoms with Gasteiger partial charge in [0.15, 0.2) is 0 Å². The molecule has 2 unspecified atom stereocenters. The highest BCUT2D eigenvalue weighted by Gasteiger charge is 2.39. The predicted octanol–water partition coefficient (Wildman–Crippen LogP) is 1.89. The van der Waals surface area contributed by atoms with Gasteiger partial charge in [0.1, 0.15) is 5.75 Å². The molecular weight excluding hydrogens is 224 g/mol. The molecule has 6 nitrogen and oxygen atoms in total. The van der Waals surface area contributed by atoms with Gasteiger partial charge in [-0.15, -0.1) is 0 Å². The molecule has 2 N–H and O–H groups in total. The monoisotopic (exact) mass is 236 g/mol. The van der Waals surface area contributed by atoms with Crippen molar-refractivity contribution in [3.63, 3.8) is 0 Å². The number of phenols is 1. The SMILES string of the molecule is CC1CC1C(=O)Nc1cc([N+](=O)[O-])ccc1O. The van der Waals surface area contributed by atoms with Crippen LogP contribution in [0.2, 0.25) is 0 Å². The van der Waals surface area contributed by atoms with E-state index in [9.17, 15) is 20.0 Å². The van der Waals surface area contributed by atoms with Gasteiger partial charge in [-0.05, 0) is 18.4 Å². The zero-order valence-electron chi connectivity index (χ0n) is 9.21. The third-order valence-corrected chi connectivity index (χ3v) is 2.90. The number of nitro benzene ring substituents is 1. The van der Waals surface area contributed by atoms with Crippen molar-refractivity contribution >= 4 is 17.3 Å². The Labute approximate surface area is 97.4 Å². The fraction of sp³-hybridized carbons (Fsp3) is 0.364. The van der Waals surface area contributed by atoms with E-state index in [1.807, 2.05) is 6.92 Å². The Kier molecular flexibility index (Phi) is 2.71. The van der Waals surface area contributed by atoms with Crippen LogP contribution in [-0.2, 0) is 4.79 Å². The maximum Gasteiger partial charge on any atom is 0.271 e. The van der Waals surface area contributed by atoms with Crippen LogP contribution in [-0.4, -0.2) is 15.9 Å². The second-order valence-corrected chi connectivity index (χ2v) is 4.27. The molecule has 0 aliphatic heterocycles. The molecule has 0 aromatic heterocycles. The van der Waals surface area contributed by atoms with E-state index in [-0.39, 0.29) is 28.9 Å². The van der Waals surface area contributed by atoms with E-state index in [0.29, 0.717) is 5.92 Å². The molecule has 1 fully saturated rings. The highest BCUT2D eigenvalue weighted by molar-refractivity contribution is 5.95. The van der Waals surface area contributed by atoms with E-state index >= 15 is 0 Å². The zero-order valence-corrected chi connectivity index (χ0v) is 9.21. The van der Waals surface area contributed by atoms with Crippen molar-refractivity contribution < 1.29 is 14.8 Å². The quantitative estimate of drug-likeness (QED) is 0.476. The smallest absolute Gasteiger partial charge is 0.271 e. The molecule has 2 rings (SSSR count). The number of carbonyl (C=O) groups is 1. The van der Waals surface area contributed by atoms with Crippen LogP contribution in [0.3, 0.4) is 0 Å². The number of nitrogens with zero attached hydrogens (tertiary/aromatic N) is 1. The lowest BCUT2D eigenvalue weighted by atomic mass is 10.2. The van der Waals surface area contributed by atoms with Crippen molar-refractivity contribution in [1.82, 2.24) is 0 Å². The molecular formula is C11H12N2O4. The second-order valence-electron chi connectivity index (χ2n) is 4.27. The molecule has 1 aliphatic rings. The van der Waals surface area contributed by atoms with E-state index < -0.39 is 4.92 Å². The fourth-order valence-electron chi connectivity index (χ4n) is 1.65. The van der Waals surface area contributed by atoms with Gasteiger partial charge in [-0.25, -0.2) is 0 Å². The van der Waals surface area contributed by atoms with E-state index in [0.717, 1.165) is 12.5 Å². The van der Waals surface area contributed by atoms with Gasteiger partial charge in [0.2, 0.25) is 5.91 Å². The molecule has 1 aliphatic carbocycles.